The van der Waals surface area contributed by atoms with Crippen molar-refractivity contribution in [1.82, 2.24) is 14.9 Å². The fourth-order valence-corrected chi connectivity index (χ4v) is 4.05. The molecule has 0 unspecified atom stereocenters. The second-order valence-corrected chi connectivity index (χ2v) is 7.94. The molecule has 22 heavy (non-hydrogen) atoms. The van der Waals surface area contributed by atoms with Crippen molar-refractivity contribution < 1.29 is 0 Å². The van der Waals surface area contributed by atoms with Crippen LogP contribution in [0.4, 0.5) is 5.95 Å². The van der Waals surface area contributed by atoms with Gasteiger partial charge >= 0.3 is 0 Å². The molecule has 0 aromatic carbocycles. The number of nitrogens with zero attached hydrogens (tertiary/aromatic N) is 4. The first-order valence-electron chi connectivity index (χ1n) is 8.80. The van der Waals surface area contributed by atoms with Crippen LogP contribution in [0.3, 0.4) is 0 Å². The summed E-state index contributed by atoms with van der Waals surface area (Å²) in [6, 6.07) is 2.69. The summed E-state index contributed by atoms with van der Waals surface area (Å²) in [5.74, 6) is 1.79. The van der Waals surface area contributed by atoms with Crippen LogP contribution in [-0.2, 0) is 0 Å². The van der Waals surface area contributed by atoms with Crippen LogP contribution in [-0.4, -0.2) is 47.1 Å². The fourth-order valence-electron chi connectivity index (χ4n) is 4.05. The SMILES string of the molecule is CC(C)(C)C1CCC(N2CCN(c3ncccn3)CC2)CC1. The standard InChI is InChI=1S/C18H30N4/c1-18(2,3)15-5-7-16(8-6-15)21-11-13-22(14-12-21)17-19-9-4-10-20-17/h4,9-10,15-16H,5-8,11-14H2,1-3H3. The van der Waals surface area contributed by atoms with Crippen LogP contribution >= 0.6 is 0 Å². The van der Waals surface area contributed by atoms with Gasteiger partial charge in [0.15, 0.2) is 0 Å². The topological polar surface area (TPSA) is 32.3 Å². The van der Waals surface area contributed by atoms with Gasteiger partial charge in [0.1, 0.15) is 0 Å². The molecule has 0 amide bonds. The zero-order valence-corrected chi connectivity index (χ0v) is 14.3. The molecular weight excluding hydrogens is 272 g/mol. The molecule has 0 bridgehead atoms. The molecule has 2 fully saturated rings. The summed E-state index contributed by atoms with van der Waals surface area (Å²) >= 11 is 0. The van der Waals surface area contributed by atoms with Gasteiger partial charge in [-0.15, -0.1) is 0 Å². The largest absolute Gasteiger partial charge is 0.338 e. The van der Waals surface area contributed by atoms with Crippen LogP contribution in [0, 0.1) is 11.3 Å². The lowest BCUT2D eigenvalue weighted by Crippen LogP contribution is -2.51. The first-order chi connectivity index (χ1) is 10.5. The molecule has 4 heteroatoms. The molecule has 0 N–H and O–H groups in total. The number of hydrogen-bond donors (Lipinski definition) is 0. The fraction of sp³-hybridized carbons (Fsp3) is 0.778. The maximum atomic E-state index is 4.37. The van der Waals surface area contributed by atoms with E-state index >= 15 is 0 Å². The summed E-state index contributed by atoms with van der Waals surface area (Å²) < 4.78 is 0. The summed E-state index contributed by atoms with van der Waals surface area (Å²) in [5, 5.41) is 0. The third-order valence-corrected chi connectivity index (χ3v) is 5.59. The Kier molecular flexibility index (Phi) is 4.67. The summed E-state index contributed by atoms with van der Waals surface area (Å²) in [6.07, 6.45) is 9.23. The zero-order chi connectivity index (χ0) is 15.6. The third-order valence-electron chi connectivity index (χ3n) is 5.59. The molecule has 0 spiro atoms. The first kappa shape index (κ1) is 15.7. The maximum Gasteiger partial charge on any atom is 0.225 e. The molecule has 1 saturated heterocycles. The van der Waals surface area contributed by atoms with Crippen molar-refractivity contribution in [2.75, 3.05) is 31.1 Å². The average Bonchev–Trinajstić information content (AvgIpc) is 2.55. The highest BCUT2D eigenvalue weighted by Crippen LogP contribution is 2.39. The van der Waals surface area contributed by atoms with Gasteiger partial charge in [-0.1, -0.05) is 20.8 Å². The smallest absolute Gasteiger partial charge is 0.225 e. The van der Waals surface area contributed by atoms with Gasteiger partial charge in [0.05, 0.1) is 0 Å². The Labute approximate surface area is 134 Å². The van der Waals surface area contributed by atoms with Gasteiger partial charge in [0.25, 0.3) is 0 Å². The highest BCUT2D eigenvalue weighted by atomic mass is 15.3. The molecule has 122 valence electrons. The third kappa shape index (κ3) is 3.60. The molecule has 0 radical (unpaired) electrons. The number of anilines is 1. The van der Waals surface area contributed by atoms with E-state index in [2.05, 4.69) is 40.5 Å². The molecule has 1 aliphatic carbocycles. The van der Waals surface area contributed by atoms with Gasteiger partial charge in [-0.3, -0.25) is 4.90 Å². The molecule has 3 rings (SSSR count). The summed E-state index contributed by atoms with van der Waals surface area (Å²) in [5.41, 5.74) is 0.480. The Morgan fingerprint density at radius 2 is 1.50 bits per heavy atom. The Morgan fingerprint density at radius 3 is 2.05 bits per heavy atom. The van der Waals surface area contributed by atoms with Crippen molar-refractivity contribution in [2.45, 2.75) is 52.5 Å². The van der Waals surface area contributed by atoms with Gasteiger partial charge in [0.2, 0.25) is 5.95 Å². The van der Waals surface area contributed by atoms with Gasteiger partial charge in [-0.05, 0) is 43.1 Å². The van der Waals surface area contributed by atoms with Crippen molar-refractivity contribution in [2.24, 2.45) is 11.3 Å². The average molecular weight is 302 g/mol. The van der Waals surface area contributed by atoms with Gasteiger partial charge in [-0.2, -0.15) is 0 Å². The minimum atomic E-state index is 0.480. The molecule has 1 aromatic heterocycles. The van der Waals surface area contributed by atoms with E-state index in [1.165, 1.54) is 25.7 Å². The summed E-state index contributed by atoms with van der Waals surface area (Å²) in [7, 11) is 0. The van der Waals surface area contributed by atoms with Crippen LogP contribution in [0.5, 0.6) is 0 Å². The van der Waals surface area contributed by atoms with Crippen molar-refractivity contribution in [3.8, 4) is 0 Å². The lowest BCUT2D eigenvalue weighted by molar-refractivity contribution is 0.0915. The van der Waals surface area contributed by atoms with E-state index in [0.29, 0.717) is 5.41 Å². The van der Waals surface area contributed by atoms with Gasteiger partial charge in [-0.25, -0.2) is 9.97 Å². The van der Waals surface area contributed by atoms with Crippen molar-refractivity contribution >= 4 is 5.95 Å². The predicted molar refractivity (Wildman–Crippen MR) is 91.0 cm³/mol. The molecule has 1 aliphatic heterocycles. The Balaban J connectivity index is 1.49. The molecule has 1 saturated carbocycles. The number of aromatic nitrogens is 2. The molecule has 0 atom stereocenters. The Bertz CT molecular complexity index is 452. The van der Waals surface area contributed by atoms with Gasteiger partial charge < -0.3 is 4.90 Å². The molecule has 1 aromatic rings. The molecule has 2 aliphatic rings. The number of rotatable bonds is 2. The highest BCUT2D eigenvalue weighted by Gasteiger charge is 2.33. The highest BCUT2D eigenvalue weighted by molar-refractivity contribution is 5.29. The zero-order valence-electron chi connectivity index (χ0n) is 14.3. The van der Waals surface area contributed by atoms with E-state index in [9.17, 15) is 0 Å². The first-order valence-corrected chi connectivity index (χ1v) is 8.80. The second kappa shape index (κ2) is 6.53. The number of piperazine rings is 1. The van der Waals surface area contributed by atoms with E-state index < -0.39 is 0 Å². The Morgan fingerprint density at radius 1 is 0.909 bits per heavy atom. The van der Waals surface area contributed by atoms with Crippen LogP contribution in [0.15, 0.2) is 18.5 Å². The van der Waals surface area contributed by atoms with E-state index in [4.69, 9.17) is 0 Å². The second-order valence-electron chi connectivity index (χ2n) is 7.94. The normalized spacial score (nSPS) is 27.9. The summed E-state index contributed by atoms with van der Waals surface area (Å²) in [4.78, 5) is 13.8. The lowest BCUT2D eigenvalue weighted by atomic mass is 9.71. The molecule has 2 heterocycles. The predicted octanol–water partition coefficient (Wildman–Crippen LogP) is 3.20. The monoisotopic (exact) mass is 302 g/mol. The number of hydrogen-bond acceptors (Lipinski definition) is 4. The van der Waals surface area contributed by atoms with E-state index in [-0.39, 0.29) is 0 Å². The maximum absolute atomic E-state index is 4.37. The van der Waals surface area contributed by atoms with Crippen molar-refractivity contribution in [3.05, 3.63) is 18.5 Å². The minimum Gasteiger partial charge on any atom is -0.338 e. The quantitative estimate of drug-likeness (QED) is 0.840. The van der Waals surface area contributed by atoms with Crippen LogP contribution in [0.1, 0.15) is 46.5 Å². The lowest BCUT2D eigenvalue weighted by Gasteiger charge is -2.44. The molecule has 4 nitrogen and oxygen atoms in total. The van der Waals surface area contributed by atoms with Crippen LogP contribution in [0.2, 0.25) is 0 Å². The van der Waals surface area contributed by atoms with Crippen LogP contribution in [0.25, 0.3) is 0 Å². The Hall–Kier alpha value is -1.16. The van der Waals surface area contributed by atoms with E-state index in [1.807, 2.05) is 18.5 Å². The van der Waals surface area contributed by atoms with E-state index in [0.717, 1.165) is 44.1 Å². The summed E-state index contributed by atoms with van der Waals surface area (Å²) in [6.45, 7) is 11.6. The minimum absolute atomic E-state index is 0.480. The van der Waals surface area contributed by atoms with Gasteiger partial charge in [0, 0.05) is 44.6 Å². The molecular formula is C18H30N4. The van der Waals surface area contributed by atoms with Crippen molar-refractivity contribution in [3.63, 3.8) is 0 Å². The van der Waals surface area contributed by atoms with E-state index in [1.54, 1.807) is 0 Å². The van der Waals surface area contributed by atoms with Crippen molar-refractivity contribution in [1.29, 1.82) is 0 Å². The van der Waals surface area contributed by atoms with Crippen LogP contribution < -0.4 is 4.90 Å².